The van der Waals surface area contributed by atoms with Gasteiger partial charge in [-0.1, -0.05) is 45.8 Å². The maximum atomic E-state index is 11.9. The molecular weight excluding hydrogens is 302 g/mol. The summed E-state index contributed by atoms with van der Waals surface area (Å²) in [7, 11) is 0. The van der Waals surface area contributed by atoms with Crippen molar-refractivity contribution in [2.45, 2.75) is 43.9 Å². The quantitative estimate of drug-likeness (QED) is 0.842. The van der Waals surface area contributed by atoms with Crippen LogP contribution >= 0.6 is 15.9 Å². The van der Waals surface area contributed by atoms with Crippen LogP contribution in [0.4, 0.5) is 0 Å². The van der Waals surface area contributed by atoms with Crippen molar-refractivity contribution in [2.75, 3.05) is 6.54 Å². The van der Waals surface area contributed by atoms with Crippen LogP contribution in [0.2, 0.25) is 0 Å². The van der Waals surface area contributed by atoms with Crippen molar-refractivity contribution in [3.63, 3.8) is 0 Å². The van der Waals surface area contributed by atoms with Crippen LogP contribution in [0.3, 0.4) is 0 Å². The molecule has 0 unspecified atom stereocenters. The van der Waals surface area contributed by atoms with Crippen LogP contribution in [0.1, 0.15) is 36.8 Å². The first kappa shape index (κ1) is 14.6. The Kier molecular flexibility index (Phi) is 5.44. The van der Waals surface area contributed by atoms with Gasteiger partial charge in [0, 0.05) is 11.4 Å². The van der Waals surface area contributed by atoms with Gasteiger partial charge in [0.15, 0.2) is 0 Å². The fraction of sp³-hybridized carbons (Fsp3) is 0.562. The molecule has 0 radical (unpaired) electrons. The Morgan fingerprint density at radius 1 is 1.32 bits per heavy atom. The minimum Gasteiger partial charge on any atom is -0.356 e. The summed E-state index contributed by atoms with van der Waals surface area (Å²) in [4.78, 5) is 12.6. The molecule has 1 fully saturated rings. The van der Waals surface area contributed by atoms with E-state index in [0.29, 0.717) is 17.2 Å². The summed E-state index contributed by atoms with van der Waals surface area (Å²) in [5.41, 5.74) is 2.31. The second kappa shape index (κ2) is 7.09. The number of halogens is 1. The number of carbonyl (C=O) groups excluding carboxylic acids is 1. The molecule has 0 spiro atoms. The van der Waals surface area contributed by atoms with Gasteiger partial charge in [0.2, 0.25) is 5.91 Å². The number of alkyl halides is 1. The Morgan fingerprint density at radius 3 is 2.74 bits per heavy atom. The van der Waals surface area contributed by atoms with Crippen molar-refractivity contribution in [3.05, 3.63) is 35.4 Å². The Bertz CT molecular complexity index is 425. The summed E-state index contributed by atoms with van der Waals surface area (Å²) in [6.45, 7) is 2.89. The number of rotatable bonds is 4. The van der Waals surface area contributed by atoms with E-state index in [1.54, 1.807) is 0 Å². The molecule has 1 aliphatic rings. The van der Waals surface area contributed by atoms with E-state index in [-0.39, 0.29) is 5.91 Å². The molecular formula is C16H22BrNO. The molecule has 104 valence electrons. The third-order valence-electron chi connectivity index (χ3n) is 3.81. The van der Waals surface area contributed by atoms with Crippen molar-refractivity contribution in [1.29, 1.82) is 0 Å². The molecule has 0 atom stereocenters. The number of hydrogen-bond donors (Lipinski definition) is 1. The first-order valence-electron chi connectivity index (χ1n) is 7.10. The van der Waals surface area contributed by atoms with Crippen molar-refractivity contribution < 1.29 is 4.79 Å². The van der Waals surface area contributed by atoms with Gasteiger partial charge in [-0.3, -0.25) is 4.79 Å². The van der Waals surface area contributed by atoms with Gasteiger partial charge in [-0.25, -0.2) is 0 Å². The van der Waals surface area contributed by atoms with E-state index >= 15 is 0 Å². The first-order chi connectivity index (χ1) is 9.13. The standard InChI is InChI=1S/C16H22BrNO/c1-12-3-2-4-14(9-12)10-16(19)18-11-13-5-7-15(17)8-6-13/h2-4,9,13,15H,5-8,10-11H2,1H3,(H,18,19). The van der Waals surface area contributed by atoms with Gasteiger partial charge < -0.3 is 5.32 Å². The van der Waals surface area contributed by atoms with Crippen LogP contribution in [0, 0.1) is 12.8 Å². The smallest absolute Gasteiger partial charge is 0.224 e. The molecule has 0 aliphatic heterocycles. The van der Waals surface area contributed by atoms with Gasteiger partial charge in [0.05, 0.1) is 6.42 Å². The van der Waals surface area contributed by atoms with E-state index in [1.165, 1.54) is 31.2 Å². The molecule has 0 aromatic heterocycles. The van der Waals surface area contributed by atoms with Crippen LogP contribution in [0.15, 0.2) is 24.3 Å². The fourth-order valence-electron chi connectivity index (χ4n) is 2.65. The minimum atomic E-state index is 0.145. The number of carbonyl (C=O) groups is 1. The average Bonchev–Trinajstić information content (AvgIpc) is 2.38. The van der Waals surface area contributed by atoms with Gasteiger partial charge in [-0.2, -0.15) is 0 Å². The Balaban J connectivity index is 1.73. The van der Waals surface area contributed by atoms with Crippen LogP contribution in [0.5, 0.6) is 0 Å². The van der Waals surface area contributed by atoms with Crippen molar-refractivity contribution in [1.82, 2.24) is 5.32 Å². The summed E-state index contributed by atoms with van der Waals surface area (Å²) in [6.07, 6.45) is 5.41. The molecule has 1 amide bonds. The SMILES string of the molecule is Cc1cccc(CC(=O)NCC2CCC(Br)CC2)c1. The normalized spacial score (nSPS) is 23.1. The number of aryl methyl sites for hydroxylation is 1. The lowest BCUT2D eigenvalue weighted by Gasteiger charge is -2.25. The molecule has 1 aromatic carbocycles. The van der Waals surface area contributed by atoms with E-state index in [4.69, 9.17) is 0 Å². The van der Waals surface area contributed by atoms with Gasteiger partial charge in [0.25, 0.3) is 0 Å². The van der Waals surface area contributed by atoms with Crippen LogP contribution in [-0.2, 0) is 11.2 Å². The Labute approximate surface area is 124 Å². The Hall–Kier alpha value is -0.830. The van der Waals surface area contributed by atoms with Gasteiger partial charge in [0.1, 0.15) is 0 Å². The van der Waals surface area contributed by atoms with Crippen molar-refractivity contribution >= 4 is 21.8 Å². The zero-order valence-electron chi connectivity index (χ0n) is 11.5. The zero-order chi connectivity index (χ0) is 13.7. The lowest BCUT2D eigenvalue weighted by Crippen LogP contribution is -2.32. The Morgan fingerprint density at radius 2 is 2.05 bits per heavy atom. The average molecular weight is 324 g/mol. The predicted molar refractivity (Wildman–Crippen MR) is 82.6 cm³/mol. The number of benzene rings is 1. The third kappa shape index (κ3) is 4.98. The van der Waals surface area contributed by atoms with E-state index in [1.807, 2.05) is 12.1 Å². The zero-order valence-corrected chi connectivity index (χ0v) is 13.1. The number of hydrogen-bond acceptors (Lipinski definition) is 1. The van der Waals surface area contributed by atoms with Gasteiger partial charge in [-0.15, -0.1) is 0 Å². The van der Waals surface area contributed by atoms with E-state index in [0.717, 1.165) is 12.1 Å². The highest BCUT2D eigenvalue weighted by Gasteiger charge is 2.19. The molecule has 2 nitrogen and oxygen atoms in total. The summed E-state index contributed by atoms with van der Waals surface area (Å²) >= 11 is 3.66. The predicted octanol–water partition coefficient (Wildman–Crippen LogP) is 3.61. The van der Waals surface area contributed by atoms with Gasteiger partial charge in [-0.05, 0) is 44.1 Å². The van der Waals surface area contributed by atoms with E-state index < -0.39 is 0 Å². The fourth-order valence-corrected chi connectivity index (χ4v) is 3.18. The third-order valence-corrected chi connectivity index (χ3v) is 4.73. The summed E-state index contributed by atoms with van der Waals surface area (Å²) in [5, 5.41) is 3.08. The topological polar surface area (TPSA) is 29.1 Å². The summed E-state index contributed by atoms with van der Waals surface area (Å²) in [6, 6.07) is 8.16. The molecule has 0 heterocycles. The lowest BCUT2D eigenvalue weighted by molar-refractivity contribution is -0.120. The van der Waals surface area contributed by atoms with Gasteiger partial charge >= 0.3 is 0 Å². The molecule has 2 rings (SSSR count). The molecule has 0 saturated heterocycles. The van der Waals surface area contributed by atoms with Crippen LogP contribution in [0.25, 0.3) is 0 Å². The highest BCUT2D eigenvalue weighted by Crippen LogP contribution is 2.28. The second-order valence-corrected chi connectivity index (χ2v) is 6.88. The minimum absolute atomic E-state index is 0.145. The number of nitrogens with one attached hydrogen (secondary N) is 1. The monoisotopic (exact) mass is 323 g/mol. The molecule has 1 saturated carbocycles. The molecule has 1 N–H and O–H groups in total. The second-order valence-electron chi connectivity index (χ2n) is 5.59. The van der Waals surface area contributed by atoms with Crippen LogP contribution in [-0.4, -0.2) is 17.3 Å². The largest absolute Gasteiger partial charge is 0.356 e. The highest BCUT2D eigenvalue weighted by molar-refractivity contribution is 9.09. The summed E-state index contributed by atoms with van der Waals surface area (Å²) < 4.78 is 0. The molecule has 3 heteroatoms. The highest BCUT2D eigenvalue weighted by atomic mass is 79.9. The van der Waals surface area contributed by atoms with E-state index in [2.05, 4.69) is 40.3 Å². The number of amides is 1. The lowest BCUT2D eigenvalue weighted by atomic mass is 9.89. The molecule has 1 aromatic rings. The summed E-state index contributed by atoms with van der Waals surface area (Å²) in [5.74, 6) is 0.807. The first-order valence-corrected chi connectivity index (χ1v) is 8.01. The molecule has 0 bridgehead atoms. The maximum absolute atomic E-state index is 11.9. The van der Waals surface area contributed by atoms with Crippen molar-refractivity contribution in [2.24, 2.45) is 5.92 Å². The van der Waals surface area contributed by atoms with Crippen LogP contribution < -0.4 is 5.32 Å². The molecule has 1 aliphatic carbocycles. The van der Waals surface area contributed by atoms with E-state index in [9.17, 15) is 4.79 Å². The maximum Gasteiger partial charge on any atom is 0.224 e. The molecule has 19 heavy (non-hydrogen) atoms. The van der Waals surface area contributed by atoms with Crippen molar-refractivity contribution in [3.8, 4) is 0 Å².